The highest BCUT2D eigenvalue weighted by atomic mass is 16.3. The van der Waals surface area contributed by atoms with Gasteiger partial charge in [0.2, 0.25) is 5.91 Å². The topological polar surface area (TPSA) is 71.2 Å². The molecule has 1 amide bonds. The summed E-state index contributed by atoms with van der Waals surface area (Å²) in [4.78, 5) is 13.8. The fourth-order valence-electron chi connectivity index (χ4n) is 2.39. The first-order chi connectivity index (χ1) is 9.61. The first-order valence-corrected chi connectivity index (χ1v) is 7.10. The molecule has 0 aromatic carbocycles. The molecule has 6 heteroatoms. The van der Waals surface area contributed by atoms with E-state index in [1.54, 1.807) is 13.1 Å². The van der Waals surface area contributed by atoms with Crippen LogP contribution in [0.4, 0.5) is 0 Å². The van der Waals surface area contributed by atoms with Crippen LogP contribution >= 0.6 is 0 Å². The van der Waals surface area contributed by atoms with Crippen LogP contribution in [0, 0.1) is 0 Å². The van der Waals surface area contributed by atoms with E-state index in [0.29, 0.717) is 12.1 Å². The lowest BCUT2D eigenvalue weighted by molar-refractivity contribution is -0.131. The van der Waals surface area contributed by atoms with E-state index in [9.17, 15) is 9.90 Å². The average molecular weight is 278 g/mol. The molecule has 20 heavy (non-hydrogen) atoms. The third kappa shape index (κ3) is 3.45. The second-order valence-electron chi connectivity index (χ2n) is 5.18. The molecule has 1 aromatic heterocycles. The molecule has 0 bridgehead atoms. The molecule has 1 N–H and O–H groups in total. The molecule has 0 spiro atoms. The molecule has 6 nitrogen and oxygen atoms in total. The second-order valence-corrected chi connectivity index (χ2v) is 5.18. The molecule has 1 saturated heterocycles. The van der Waals surface area contributed by atoms with Crippen LogP contribution in [0.25, 0.3) is 0 Å². The molecule has 1 fully saturated rings. The van der Waals surface area contributed by atoms with Gasteiger partial charge < -0.3 is 10.0 Å². The summed E-state index contributed by atoms with van der Waals surface area (Å²) >= 11 is 0. The van der Waals surface area contributed by atoms with Crippen molar-refractivity contribution < 1.29 is 9.90 Å². The van der Waals surface area contributed by atoms with E-state index in [2.05, 4.69) is 10.3 Å². The molecule has 1 aromatic rings. The Kier molecular flexibility index (Phi) is 4.89. The Balaban J connectivity index is 1.88. The van der Waals surface area contributed by atoms with E-state index in [1.807, 2.05) is 28.7 Å². The minimum Gasteiger partial charge on any atom is -0.387 e. The number of hydrogen-bond donors (Lipinski definition) is 1. The quantitative estimate of drug-likeness (QED) is 0.846. The largest absolute Gasteiger partial charge is 0.387 e. The maximum absolute atomic E-state index is 11.9. The van der Waals surface area contributed by atoms with Crippen molar-refractivity contribution >= 4 is 5.91 Å². The number of aliphatic hydroxyl groups is 1. The lowest BCUT2D eigenvalue weighted by Crippen LogP contribution is -2.38. The Labute approximate surface area is 119 Å². The molecular formula is C14H22N4O2. The van der Waals surface area contributed by atoms with Crippen molar-refractivity contribution in [3.05, 3.63) is 24.0 Å². The van der Waals surface area contributed by atoms with Crippen molar-refractivity contribution in [3.8, 4) is 0 Å². The van der Waals surface area contributed by atoms with Crippen LogP contribution in [-0.2, 0) is 4.79 Å². The monoisotopic (exact) mass is 278 g/mol. The summed E-state index contributed by atoms with van der Waals surface area (Å²) in [7, 11) is 0. The Morgan fingerprint density at radius 1 is 1.55 bits per heavy atom. The SMILES string of the molecule is CC=CCC(=O)N1CCC(n2cc(C(C)O)nn2)CC1. The zero-order valence-corrected chi connectivity index (χ0v) is 12.1. The molecule has 1 aliphatic rings. The number of likely N-dealkylation sites (tertiary alicyclic amines) is 1. The van der Waals surface area contributed by atoms with Crippen molar-refractivity contribution in [2.24, 2.45) is 0 Å². The third-order valence-corrected chi connectivity index (χ3v) is 3.68. The first kappa shape index (κ1) is 14.7. The van der Waals surface area contributed by atoms with Crippen molar-refractivity contribution in [1.29, 1.82) is 0 Å². The zero-order chi connectivity index (χ0) is 14.5. The van der Waals surface area contributed by atoms with Crippen molar-refractivity contribution in [1.82, 2.24) is 19.9 Å². The Morgan fingerprint density at radius 2 is 2.25 bits per heavy atom. The Hall–Kier alpha value is -1.69. The van der Waals surface area contributed by atoms with Gasteiger partial charge in [-0.2, -0.15) is 0 Å². The van der Waals surface area contributed by atoms with Crippen LogP contribution in [0.5, 0.6) is 0 Å². The summed E-state index contributed by atoms with van der Waals surface area (Å²) in [5, 5.41) is 17.5. The normalized spacial score (nSPS) is 18.6. The third-order valence-electron chi connectivity index (χ3n) is 3.68. The Bertz CT molecular complexity index is 473. The standard InChI is InChI=1S/C14H22N4O2/c1-3-4-5-14(20)17-8-6-12(7-9-17)18-10-13(11(2)19)15-16-18/h3-4,10-12,19H,5-9H2,1-2H3. The second kappa shape index (κ2) is 6.65. The van der Waals surface area contributed by atoms with Crippen LogP contribution in [0.1, 0.15) is 50.9 Å². The van der Waals surface area contributed by atoms with Gasteiger partial charge in [-0.05, 0) is 26.7 Å². The summed E-state index contributed by atoms with van der Waals surface area (Å²) in [6, 6.07) is 0.265. The molecule has 2 rings (SSSR count). The summed E-state index contributed by atoms with van der Waals surface area (Å²) in [6.07, 6.45) is 7.24. The van der Waals surface area contributed by atoms with Gasteiger partial charge in [0.05, 0.1) is 18.3 Å². The summed E-state index contributed by atoms with van der Waals surface area (Å²) in [5.74, 6) is 0.185. The minimum atomic E-state index is -0.591. The van der Waals surface area contributed by atoms with Crippen molar-refractivity contribution in [2.45, 2.75) is 45.3 Å². The van der Waals surface area contributed by atoms with Gasteiger partial charge in [0, 0.05) is 19.5 Å². The molecule has 0 saturated carbocycles. The van der Waals surface area contributed by atoms with Crippen LogP contribution in [0.3, 0.4) is 0 Å². The van der Waals surface area contributed by atoms with Gasteiger partial charge in [-0.3, -0.25) is 4.79 Å². The van der Waals surface area contributed by atoms with Crippen LogP contribution in [-0.4, -0.2) is 44.0 Å². The number of rotatable bonds is 4. The van der Waals surface area contributed by atoms with E-state index in [1.165, 1.54) is 0 Å². The lowest BCUT2D eigenvalue weighted by Gasteiger charge is -2.31. The predicted octanol–water partition coefficient (Wildman–Crippen LogP) is 1.46. The molecule has 2 heterocycles. The molecule has 1 unspecified atom stereocenters. The van der Waals surface area contributed by atoms with Gasteiger partial charge in [-0.25, -0.2) is 4.68 Å². The number of piperidine rings is 1. The van der Waals surface area contributed by atoms with Gasteiger partial charge in [0.15, 0.2) is 0 Å². The van der Waals surface area contributed by atoms with Crippen LogP contribution < -0.4 is 0 Å². The maximum atomic E-state index is 11.9. The van der Waals surface area contributed by atoms with E-state index in [-0.39, 0.29) is 11.9 Å². The molecule has 0 aliphatic carbocycles. The van der Waals surface area contributed by atoms with Crippen molar-refractivity contribution in [2.75, 3.05) is 13.1 Å². The van der Waals surface area contributed by atoms with Crippen LogP contribution in [0.2, 0.25) is 0 Å². The van der Waals surface area contributed by atoms with E-state index in [4.69, 9.17) is 0 Å². The number of aromatic nitrogens is 3. The fourth-order valence-corrected chi connectivity index (χ4v) is 2.39. The lowest BCUT2D eigenvalue weighted by atomic mass is 10.0. The molecule has 1 aliphatic heterocycles. The first-order valence-electron chi connectivity index (χ1n) is 7.10. The maximum Gasteiger partial charge on any atom is 0.226 e. The summed E-state index contributed by atoms with van der Waals surface area (Å²) in [5.41, 5.74) is 0.594. The number of hydrogen-bond acceptors (Lipinski definition) is 4. The fraction of sp³-hybridized carbons (Fsp3) is 0.643. The number of carbonyl (C=O) groups excluding carboxylic acids is 1. The highest BCUT2D eigenvalue weighted by Crippen LogP contribution is 2.23. The molecule has 0 radical (unpaired) electrons. The van der Waals surface area contributed by atoms with Crippen molar-refractivity contribution in [3.63, 3.8) is 0 Å². The number of nitrogens with zero attached hydrogens (tertiary/aromatic N) is 4. The number of carbonyl (C=O) groups is 1. The molecular weight excluding hydrogens is 256 g/mol. The summed E-state index contributed by atoms with van der Waals surface area (Å²) in [6.45, 7) is 5.11. The smallest absolute Gasteiger partial charge is 0.226 e. The van der Waals surface area contributed by atoms with E-state index in [0.717, 1.165) is 25.9 Å². The molecule has 1 atom stereocenters. The Morgan fingerprint density at radius 3 is 2.80 bits per heavy atom. The number of allylic oxidation sites excluding steroid dienone is 1. The van der Waals surface area contributed by atoms with Crippen LogP contribution in [0.15, 0.2) is 18.3 Å². The number of aliphatic hydroxyl groups excluding tert-OH is 1. The van der Waals surface area contributed by atoms with Gasteiger partial charge >= 0.3 is 0 Å². The van der Waals surface area contributed by atoms with Gasteiger partial charge in [-0.1, -0.05) is 17.4 Å². The summed E-state index contributed by atoms with van der Waals surface area (Å²) < 4.78 is 1.82. The highest BCUT2D eigenvalue weighted by Gasteiger charge is 2.24. The predicted molar refractivity (Wildman–Crippen MR) is 74.9 cm³/mol. The van der Waals surface area contributed by atoms with Gasteiger partial charge in [-0.15, -0.1) is 5.10 Å². The minimum absolute atomic E-state index is 0.185. The van der Waals surface area contributed by atoms with Gasteiger partial charge in [0.25, 0.3) is 0 Å². The zero-order valence-electron chi connectivity index (χ0n) is 12.1. The van der Waals surface area contributed by atoms with E-state index >= 15 is 0 Å². The average Bonchev–Trinajstić information content (AvgIpc) is 2.95. The number of amides is 1. The highest BCUT2D eigenvalue weighted by molar-refractivity contribution is 5.77. The molecule has 110 valence electrons. The van der Waals surface area contributed by atoms with Gasteiger partial charge in [0.1, 0.15) is 5.69 Å². The van der Waals surface area contributed by atoms with E-state index < -0.39 is 6.10 Å².